The van der Waals surface area contributed by atoms with Gasteiger partial charge in [-0.05, 0) is 96.7 Å². The van der Waals surface area contributed by atoms with Crippen LogP contribution in [0.3, 0.4) is 0 Å². The summed E-state index contributed by atoms with van der Waals surface area (Å²) in [5.41, 5.74) is 8.07. The number of ether oxygens (including phenoxy) is 7. The molecule has 16 nitrogen and oxygen atoms in total. The van der Waals surface area contributed by atoms with Crippen molar-refractivity contribution < 1.29 is 52.3 Å². The van der Waals surface area contributed by atoms with Gasteiger partial charge in [0.05, 0.1) is 81.8 Å². The maximum Gasteiger partial charge on any atom is 0.261 e. The number of aliphatic imine (C=N–C) groups is 1. The summed E-state index contributed by atoms with van der Waals surface area (Å²) in [5, 5.41) is 3.51. The van der Waals surface area contributed by atoms with Gasteiger partial charge in [0.15, 0.2) is 31.3 Å². The van der Waals surface area contributed by atoms with E-state index < -0.39 is 8.32 Å². The van der Waals surface area contributed by atoms with E-state index in [0.717, 1.165) is 40.0 Å². The summed E-state index contributed by atoms with van der Waals surface area (Å²) in [5.74, 6) is 1.17. The first-order chi connectivity index (χ1) is 34.9. The van der Waals surface area contributed by atoms with E-state index in [4.69, 9.17) is 38.2 Å². The molecule has 0 aromatic heterocycles. The second-order valence-electron chi connectivity index (χ2n) is 19.0. The molecule has 0 fully saturated rings. The summed E-state index contributed by atoms with van der Waals surface area (Å²) in [6.45, 7) is 6.54. The van der Waals surface area contributed by atoms with Crippen LogP contribution in [0.15, 0.2) is 96.0 Å². The van der Waals surface area contributed by atoms with Gasteiger partial charge in [-0.3, -0.25) is 24.3 Å². The molecule has 4 aliphatic rings. The van der Waals surface area contributed by atoms with Crippen LogP contribution in [0.5, 0.6) is 23.0 Å². The predicted molar refractivity (Wildman–Crippen MR) is 279 cm³/mol. The third-order valence-electron chi connectivity index (χ3n) is 13.4. The second-order valence-corrected chi connectivity index (χ2v) is 23.1. The van der Waals surface area contributed by atoms with Crippen LogP contribution in [-0.4, -0.2) is 117 Å². The van der Waals surface area contributed by atoms with Gasteiger partial charge in [-0.1, -0.05) is 36.4 Å². The molecule has 0 spiro atoms. The highest BCUT2D eigenvalue weighted by Gasteiger charge is 2.39. The van der Waals surface area contributed by atoms with Crippen molar-refractivity contribution in [2.24, 2.45) is 4.99 Å². The fraction of sp³-hybridized carbons (Fsp3) is 0.382. The van der Waals surface area contributed by atoms with E-state index in [1.165, 1.54) is 7.11 Å². The van der Waals surface area contributed by atoms with Crippen LogP contribution in [0.4, 0.5) is 28.4 Å². The number of rotatable bonds is 22. The van der Waals surface area contributed by atoms with Crippen LogP contribution in [0.25, 0.3) is 0 Å². The van der Waals surface area contributed by atoms with E-state index in [1.54, 1.807) is 42.2 Å². The molecule has 2 atom stereocenters. The SMILES string of the molecule is COCCOCCOCCN(C(=O)CCC[Si](C)(C)O)c1cc(COc2cc3c(cc2OC)C(=O)N2c4ccccc4CC2C=N3)cc(COc2cc3c(cc2OC)C(=O)N2c4ccccc4C[C@H]2CN3)c1. The number of carbonyl (C=O) groups is 3. The summed E-state index contributed by atoms with van der Waals surface area (Å²) in [6, 6.07) is 29.0. The van der Waals surface area contributed by atoms with E-state index in [-0.39, 0.29) is 62.6 Å². The molecule has 72 heavy (non-hydrogen) atoms. The zero-order chi connectivity index (χ0) is 50.4. The summed E-state index contributed by atoms with van der Waals surface area (Å²) in [7, 11) is 2.29. The highest BCUT2D eigenvalue weighted by atomic mass is 28.4. The van der Waals surface area contributed by atoms with Crippen molar-refractivity contribution in [1.29, 1.82) is 0 Å². The number of amides is 3. The minimum Gasteiger partial charge on any atom is -0.493 e. The van der Waals surface area contributed by atoms with Gasteiger partial charge in [0, 0.05) is 68.5 Å². The summed E-state index contributed by atoms with van der Waals surface area (Å²) in [6.07, 6.45) is 4.00. The molecule has 0 saturated carbocycles. The fourth-order valence-electron chi connectivity index (χ4n) is 9.81. The molecule has 17 heteroatoms. The molecule has 9 rings (SSSR count). The fourth-order valence-corrected chi connectivity index (χ4v) is 10.9. The van der Waals surface area contributed by atoms with Crippen molar-refractivity contribution in [3.63, 3.8) is 0 Å². The minimum absolute atomic E-state index is 0.0413. The monoisotopic (exact) mass is 997 g/mol. The molecule has 0 saturated heterocycles. The molecule has 3 amide bonds. The van der Waals surface area contributed by atoms with Gasteiger partial charge < -0.3 is 53.1 Å². The van der Waals surface area contributed by atoms with Crippen molar-refractivity contribution in [3.8, 4) is 23.0 Å². The van der Waals surface area contributed by atoms with Crippen LogP contribution in [0.2, 0.25) is 19.1 Å². The molecular weight excluding hydrogens is 935 g/mol. The van der Waals surface area contributed by atoms with Crippen molar-refractivity contribution in [2.45, 2.75) is 70.1 Å². The van der Waals surface area contributed by atoms with Crippen LogP contribution < -0.4 is 39.0 Å². The molecular formula is C55H63N5O11Si. The van der Waals surface area contributed by atoms with E-state index in [2.05, 4.69) is 11.4 Å². The quantitative estimate of drug-likeness (QED) is 0.0505. The Morgan fingerprint density at radius 3 is 2.03 bits per heavy atom. The van der Waals surface area contributed by atoms with Gasteiger partial charge in [0.25, 0.3) is 11.8 Å². The lowest BCUT2D eigenvalue weighted by Gasteiger charge is -2.25. The largest absolute Gasteiger partial charge is 0.493 e. The number of anilines is 4. The first kappa shape index (κ1) is 50.2. The van der Waals surface area contributed by atoms with Crippen molar-refractivity contribution in [2.75, 3.05) is 87.5 Å². The number of fused-ring (bicyclic) bond motifs is 8. The molecule has 4 heterocycles. The average Bonchev–Trinajstić information content (AvgIpc) is 3.87. The number of nitrogens with one attached hydrogen (secondary N) is 1. The first-order valence-electron chi connectivity index (χ1n) is 24.5. The Hall–Kier alpha value is -6.76. The lowest BCUT2D eigenvalue weighted by molar-refractivity contribution is -0.118. The highest BCUT2D eigenvalue weighted by molar-refractivity contribution is 6.69. The number of benzene rings is 5. The number of hydrogen-bond acceptors (Lipinski definition) is 13. The zero-order valence-electron chi connectivity index (χ0n) is 41.6. The molecule has 0 bridgehead atoms. The number of para-hydroxylation sites is 2. The Balaban J connectivity index is 1.00. The van der Waals surface area contributed by atoms with E-state index in [9.17, 15) is 19.2 Å². The van der Waals surface area contributed by atoms with Gasteiger partial charge in [-0.2, -0.15) is 0 Å². The molecule has 1 unspecified atom stereocenters. The summed E-state index contributed by atoms with van der Waals surface area (Å²) >= 11 is 0. The summed E-state index contributed by atoms with van der Waals surface area (Å²) in [4.78, 5) is 63.4. The van der Waals surface area contributed by atoms with Gasteiger partial charge in [0.1, 0.15) is 13.2 Å². The Morgan fingerprint density at radius 1 is 0.736 bits per heavy atom. The summed E-state index contributed by atoms with van der Waals surface area (Å²) < 4.78 is 41.4. The minimum atomic E-state index is -2.41. The Bertz CT molecular complexity index is 2830. The molecule has 0 radical (unpaired) electrons. The lowest BCUT2D eigenvalue weighted by Crippen LogP contribution is -2.39. The predicted octanol–water partition coefficient (Wildman–Crippen LogP) is 8.14. The Morgan fingerprint density at radius 2 is 1.35 bits per heavy atom. The maximum absolute atomic E-state index is 14.3. The van der Waals surface area contributed by atoms with Gasteiger partial charge in [0.2, 0.25) is 5.91 Å². The van der Waals surface area contributed by atoms with Crippen LogP contribution in [0, 0.1) is 0 Å². The standard InChI is InChI=1S/C55H63N5O11Si/c1-65-18-19-69-21-20-68-17-16-58(53(61)15-10-22-72(4,5)64)40-24-36(34-70-51-30-45-43(28-49(51)66-2)54(62)59-41(32-56-45)26-38-11-6-8-13-47(38)59)23-37(25-40)35-71-52-31-46-44(29-50(52)67-3)55(63)60-42(33-57-46)27-39-12-7-9-14-48(39)60/h6-9,11-14,23-25,28-32,41-42,57,64H,10,15-22,26-27,33-35H2,1-5H3/t41?,42-/m0/s1. The molecule has 4 aliphatic heterocycles. The number of nitrogens with zero attached hydrogens (tertiary/aromatic N) is 4. The number of carbonyl (C=O) groups excluding carboxylic acids is 3. The molecule has 378 valence electrons. The van der Waals surface area contributed by atoms with Gasteiger partial charge in [-0.15, -0.1) is 0 Å². The molecule has 0 aliphatic carbocycles. The normalized spacial score (nSPS) is 16.4. The average molecular weight is 998 g/mol. The van der Waals surface area contributed by atoms with Crippen LogP contribution in [-0.2, 0) is 45.1 Å². The van der Waals surface area contributed by atoms with Crippen LogP contribution >= 0.6 is 0 Å². The third-order valence-corrected chi connectivity index (χ3v) is 14.9. The number of hydrogen-bond donors (Lipinski definition) is 2. The van der Waals surface area contributed by atoms with Crippen LogP contribution in [0.1, 0.15) is 55.8 Å². The van der Waals surface area contributed by atoms with Gasteiger partial charge >= 0.3 is 0 Å². The van der Waals surface area contributed by atoms with Crippen molar-refractivity contribution >= 4 is 60.7 Å². The highest BCUT2D eigenvalue weighted by Crippen LogP contribution is 2.43. The number of methoxy groups -OCH3 is 3. The molecule has 5 aromatic carbocycles. The maximum atomic E-state index is 14.3. The van der Waals surface area contributed by atoms with E-state index in [0.29, 0.717) is 103 Å². The smallest absolute Gasteiger partial charge is 0.261 e. The van der Waals surface area contributed by atoms with E-state index >= 15 is 0 Å². The zero-order valence-corrected chi connectivity index (χ0v) is 42.6. The Labute approximate surface area is 421 Å². The van der Waals surface area contributed by atoms with Gasteiger partial charge in [-0.25, -0.2) is 0 Å². The lowest BCUT2D eigenvalue weighted by atomic mass is 10.1. The second kappa shape index (κ2) is 22.3. The topological polar surface area (TPSA) is 170 Å². The molecule has 5 aromatic rings. The third kappa shape index (κ3) is 11.1. The Kier molecular flexibility index (Phi) is 15.6. The van der Waals surface area contributed by atoms with E-state index in [1.807, 2.05) is 90.9 Å². The van der Waals surface area contributed by atoms with Crippen molar-refractivity contribution in [3.05, 3.63) is 124 Å². The van der Waals surface area contributed by atoms with Crippen molar-refractivity contribution in [1.82, 2.24) is 0 Å². The first-order valence-corrected chi connectivity index (χ1v) is 27.7. The molecule has 2 N–H and O–H groups in total.